The van der Waals surface area contributed by atoms with Crippen molar-refractivity contribution in [3.63, 3.8) is 0 Å². The molecule has 0 aliphatic rings. The minimum absolute atomic E-state index is 0.0263. The van der Waals surface area contributed by atoms with Crippen molar-refractivity contribution in [1.29, 1.82) is 0 Å². The predicted molar refractivity (Wildman–Crippen MR) is 77.6 cm³/mol. The third-order valence-electron chi connectivity index (χ3n) is 2.94. The Bertz CT molecular complexity index is 697. The Morgan fingerprint density at radius 2 is 2.17 bits per heavy atom. The lowest BCUT2D eigenvalue weighted by atomic mass is 10.2. The summed E-state index contributed by atoms with van der Waals surface area (Å²) in [6.07, 6.45) is 1.43. The van der Waals surface area contributed by atoms with Gasteiger partial charge in [0.1, 0.15) is 11.9 Å². The highest BCUT2D eigenvalue weighted by Crippen LogP contribution is 2.25. The van der Waals surface area contributed by atoms with E-state index in [0.29, 0.717) is 11.6 Å². The van der Waals surface area contributed by atoms with E-state index in [1.807, 2.05) is 0 Å². The number of pyridine rings is 1. The maximum atomic E-state index is 13.6. The number of amides is 1. The van der Waals surface area contributed by atoms with Crippen molar-refractivity contribution in [1.82, 2.24) is 10.3 Å². The van der Waals surface area contributed by atoms with E-state index >= 15 is 0 Å². The number of aromatic nitrogens is 1. The molecule has 0 aliphatic heterocycles. The van der Waals surface area contributed by atoms with Crippen LogP contribution in [0.1, 0.15) is 5.56 Å². The van der Waals surface area contributed by atoms with Crippen LogP contribution in [0.15, 0.2) is 36.5 Å². The third-order valence-corrected chi connectivity index (χ3v) is 2.94. The topological polar surface area (TPSA) is 97.5 Å². The average molecular weight is 323 g/mol. The van der Waals surface area contributed by atoms with Crippen molar-refractivity contribution in [2.45, 2.75) is 12.6 Å². The van der Waals surface area contributed by atoms with E-state index in [9.17, 15) is 13.6 Å². The molecule has 1 heterocycles. The Kier molecular flexibility index (Phi) is 5.56. The second kappa shape index (κ2) is 7.61. The first-order valence-corrected chi connectivity index (χ1v) is 6.72. The van der Waals surface area contributed by atoms with Crippen LogP contribution in [0.5, 0.6) is 11.6 Å². The van der Waals surface area contributed by atoms with Gasteiger partial charge in [-0.15, -0.1) is 0 Å². The maximum absolute atomic E-state index is 13.6. The molecule has 0 aliphatic carbocycles. The summed E-state index contributed by atoms with van der Waals surface area (Å²) in [5, 5.41) is 11.3. The van der Waals surface area contributed by atoms with Crippen molar-refractivity contribution >= 4 is 5.91 Å². The fourth-order valence-electron chi connectivity index (χ4n) is 1.71. The molecule has 0 bridgehead atoms. The summed E-state index contributed by atoms with van der Waals surface area (Å²) in [4.78, 5) is 15.5. The van der Waals surface area contributed by atoms with Crippen LogP contribution in [0.25, 0.3) is 0 Å². The number of benzene rings is 1. The van der Waals surface area contributed by atoms with Gasteiger partial charge in [-0.1, -0.05) is 6.07 Å². The molecule has 1 aromatic carbocycles. The minimum atomic E-state index is -1.04. The zero-order valence-corrected chi connectivity index (χ0v) is 12.0. The van der Waals surface area contributed by atoms with E-state index in [4.69, 9.17) is 15.6 Å². The molecule has 1 amide bonds. The van der Waals surface area contributed by atoms with Gasteiger partial charge in [-0.05, 0) is 18.2 Å². The number of carbonyl (C=O) groups excluding carboxylic acids is 1. The van der Waals surface area contributed by atoms with E-state index in [1.54, 1.807) is 12.1 Å². The average Bonchev–Trinajstić information content (AvgIpc) is 2.55. The monoisotopic (exact) mass is 323 g/mol. The number of carbonyl (C=O) groups is 1. The number of halogens is 2. The number of nitrogens with one attached hydrogen (secondary N) is 1. The van der Waals surface area contributed by atoms with Gasteiger partial charge in [0.2, 0.25) is 11.8 Å². The summed E-state index contributed by atoms with van der Waals surface area (Å²) in [6, 6.07) is 5.09. The van der Waals surface area contributed by atoms with E-state index in [2.05, 4.69) is 10.3 Å². The van der Waals surface area contributed by atoms with Crippen molar-refractivity contribution in [2.24, 2.45) is 5.73 Å². The van der Waals surface area contributed by atoms with E-state index in [1.165, 1.54) is 6.20 Å². The molecule has 0 spiro atoms. The molecule has 122 valence electrons. The SMILES string of the molecule is N[C@H](CO)C(=O)NCc1cccnc1Oc1ccc(F)cc1F. The molecular formula is C15H15F2N3O3. The Balaban J connectivity index is 2.12. The highest BCUT2D eigenvalue weighted by atomic mass is 19.1. The number of aliphatic hydroxyl groups is 1. The Morgan fingerprint density at radius 3 is 2.87 bits per heavy atom. The summed E-state index contributed by atoms with van der Waals surface area (Å²) >= 11 is 0. The zero-order chi connectivity index (χ0) is 16.8. The lowest BCUT2D eigenvalue weighted by Crippen LogP contribution is -2.42. The van der Waals surface area contributed by atoms with Gasteiger partial charge in [0.25, 0.3) is 0 Å². The van der Waals surface area contributed by atoms with Crippen molar-refractivity contribution in [2.75, 3.05) is 6.61 Å². The van der Waals surface area contributed by atoms with Crippen molar-refractivity contribution in [3.8, 4) is 11.6 Å². The van der Waals surface area contributed by atoms with Crippen LogP contribution in [0.2, 0.25) is 0 Å². The lowest BCUT2D eigenvalue weighted by Gasteiger charge is -2.13. The number of hydrogen-bond donors (Lipinski definition) is 3. The summed E-state index contributed by atoms with van der Waals surface area (Å²) in [5.74, 6) is -2.26. The van der Waals surface area contributed by atoms with Gasteiger partial charge in [-0.2, -0.15) is 0 Å². The Hall–Kier alpha value is -2.58. The summed E-state index contributed by atoms with van der Waals surface area (Å²) in [5.41, 5.74) is 5.85. The first kappa shape index (κ1) is 16.8. The van der Waals surface area contributed by atoms with Gasteiger partial charge in [0, 0.05) is 24.4 Å². The van der Waals surface area contributed by atoms with Gasteiger partial charge in [0.15, 0.2) is 11.6 Å². The normalized spacial score (nSPS) is 11.8. The molecule has 6 nitrogen and oxygen atoms in total. The molecule has 0 unspecified atom stereocenters. The lowest BCUT2D eigenvalue weighted by molar-refractivity contribution is -0.123. The van der Waals surface area contributed by atoms with Crippen molar-refractivity contribution < 1.29 is 23.4 Å². The van der Waals surface area contributed by atoms with Crippen LogP contribution < -0.4 is 15.8 Å². The minimum Gasteiger partial charge on any atom is -0.436 e. The second-order valence-electron chi connectivity index (χ2n) is 4.65. The molecular weight excluding hydrogens is 308 g/mol. The molecule has 0 fully saturated rings. The predicted octanol–water partition coefficient (Wildman–Crippen LogP) is 1.09. The fourth-order valence-corrected chi connectivity index (χ4v) is 1.71. The van der Waals surface area contributed by atoms with Gasteiger partial charge in [0.05, 0.1) is 6.61 Å². The van der Waals surface area contributed by atoms with Crippen molar-refractivity contribution in [3.05, 3.63) is 53.7 Å². The largest absolute Gasteiger partial charge is 0.436 e. The van der Waals surface area contributed by atoms with Gasteiger partial charge in [-0.25, -0.2) is 13.8 Å². The number of nitrogens with two attached hydrogens (primary N) is 1. The first-order valence-electron chi connectivity index (χ1n) is 6.72. The standard InChI is InChI=1S/C15H15F2N3O3/c16-10-3-4-13(11(17)6-10)23-15-9(2-1-5-19-15)7-20-14(22)12(18)8-21/h1-6,12,21H,7-8,18H2,(H,20,22)/t12-/m1/s1. The van der Waals surface area contributed by atoms with Crippen LogP contribution in [0, 0.1) is 11.6 Å². The molecule has 2 aromatic rings. The molecule has 2 rings (SSSR count). The van der Waals surface area contributed by atoms with Gasteiger partial charge in [-0.3, -0.25) is 4.79 Å². The summed E-state index contributed by atoms with van der Waals surface area (Å²) in [7, 11) is 0. The number of aliphatic hydroxyl groups excluding tert-OH is 1. The molecule has 8 heteroatoms. The van der Waals surface area contributed by atoms with Crippen LogP contribution in [-0.2, 0) is 11.3 Å². The van der Waals surface area contributed by atoms with Crippen LogP contribution in [0.3, 0.4) is 0 Å². The van der Waals surface area contributed by atoms with E-state index < -0.39 is 30.2 Å². The molecule has 1 aromatic heterocycles. The van der Waals surface area contributed by atoms with Crippen LogP contribution >= 0.6 is 0 Å². The molecule has 1 atom stereocenters. The molecule has 0 radical (unpaired) electrons. The van der Waals surface area contributed by atoms with Gasteiger partial charge >= 0.3 is 0 Å². The fraction of sp³-hybridized carbons (Fsp3) is 0.200. The molecule has 23 heavy (non-hydrogen) atoms. The highest BCUT2D eigenvalue weighted by molar-refractivity contribution is 5.81. The summed E-state index contributed by atoms with van der Waals surface area (Å²) in [6.45, 7) is -0.457. The number of nitrogens with zero attached hydrogens (tertiary/aromatic N) is 1. The first-order chi connectivity index (χ1) is 11.0. The number of ether oxygens (including phenoxy) is 1. The smallest absolute Gasteiger partial charge is 0.239 e. The zero-order valence-electron chi connectivity index (χ0n) is 12.0. The molecule has 0 saturated carbocycles. The van der Waals surface area contributed by atoms with Gasteiger partial charge < -0.3 is 20.9 Å². The number of hydrogen-bond acceptors (Lipinski definition) is 5. The highest BCUT2D eigenvalue weighted by Gasteiger charge is 2.14. The molecule has 4 N–H and O–H groups in total. The van der Waals surface area contributed by atoms with Crippen LogP contribution in [0.4, 0.5) is 8.78 Å². The number of rotatable bonds is 6. The Morgan fingerprint density at radius 1 is 1.39 bits per heavy atom. The summed E-state index contributed by atoms with van der Waals surface area (Å²) < 4.78 is 31.8. The molecule has 0 saturated heterocycles. The second-order valence-corrected chi connectivity index (χ2v) is 4.65. The third kappa shape index (κ3) is 4.44. The van der Waals surface area contributed by atoms with Crippen LogP contribution in [-0.4, -0.2) is 28.6 Å². The quantitative estimate of drug-likeness (QED) is 0.739. The van der Waals surface area contributed by atoms with E-state index in [-0.39, 0.29) is 18.2 Å². The maximum Gasteiger partial charge on any atom is 0.239 e. The van der Waals surface area contributed by atoms with E-state index in [0.717, 1.165) is 12.1 Å². The Labute approximate surface area is 130 Å².